The molecule has 0 saturated carbocycles. The first-order valence-corrected chi connectivity index (χ1v) is 8.17. The van der Waals surface area contributed by atoms with Crippen LogP contribution in [-0.2, 0) is 9.59 Å². The summed E-state index contributed by atoms with van der Waals surface area (Å²) in [5, 5.41) is 5.02. The highest BCUT2D eigenvalue weighted by Crippen LogP contribution is 2.39. The summed E-state index contributed by atoms with van der Waals surface area (Å²) >= 11 is 0. The van der Waals surface area contributed by atoms with Crippen molar-refractivity contribution < 1.29 is 28.5 Å². The zero-order chi connectivity index (χ0) is 19.8. The van der Waals surface area contributed by atoms with E-state index in [9.17, 15) is 9.59 Å². The van der Waals surface area contributed by atoms with Crippen LogP contribution in [0.2, 0.25) is 0 Å². The molecule has 0 spiro atoms. The van der Waals surface area contributed by atoms with Crippen LogP contribution >= 0.6 is 0 Å². The number of nitrogens with one attached hydrogen (secondary N) is 2. The van der Waals surface area contributed by atoms with Gasteiger partial charge < -0.3 is 29.6 Å². The molecule has 2 amide bonds. The van der Waals surface area contributed by atoms with Crippen LogP contribution in [0.3, 0.4) is 0 Å². The third-order valence-electron chi connectivity index (χ3n) is 3.55. The van der Waals surface area contributed by atoms with Crippen LogP contribution in [0.1, 0.15) is 6.92 Å². The van der Waals surface area contributed by atoms with Gasteiger partial charge in [-0.1, -0.05) is 0 Å². The fraction of sp³-hybridized carbons (Fsp3) is 0.263. The molecule has 0 aliphatic rings. The molecule has 0 aliphatic carbocycles. The molecule has 0 unspecified atom stereocenters. The van der Waals surface area contributed by atoms with Crippen molar-refractivity contribution in [1.82, 2.24) is 0 Å². The third kappa shape index (κ3) is 5.04. The topological polar surface area (TPSA) is 95.1 Å². The van der Waals surface area contributed by atoms with Crippen LogP contribution in [-0.4, -0.2) is 39.8 Å². The fourth-order valence-electron chi connectivity index (χ4n) is 2.33. The number of benzene rings is 2. The number of methoxy groups -OCH3 is 3. The van der Waals surface area contributed by atoms with Crippen molar-refractivity contribution >= 4 is 23.2 Å². The minimum absolute atomic E-state index is 0.330. The van der Waals surface area contributed by atoms with Gasteiger partial charge in [0.2, 0.25) is 5.75 Å². The normalized spacial score (nSPS) is 9.93. The summed E-state index contributed by atoms with van der Waals surface area (Å²) in [5.74, 6) is 0.137. The maximum Gasteiger partial charge on any atom is 0.314 e. The number of hydrogen-bond donors (Lipinski definition) is 2. The molecule has 8 nitrogen and oxygen atoms in total. The number of carbonyl (C=O) groups is 2. The van der Waals surface area contributed by atoms with Crippen molar-refractivity contribution in [2.75, 3.05) is 38.6 Å². The highest BCUT2D eigenvalue weighted by Gasteiger charge is 2.18. The lowest BCUT2D eigenvalue weighted by Gasteiger charge is -2.14. The van der Waals surface area contributed by atoms with Crippen LogP contribution in [0.5, 0.6) is 23.0 Å². The number of anilines is 2. The Bertz CT molecular complexity index is 779. The van der Waals surface area contributed by atoms with Crippen LogP contribution in [0.25, 0.3) is 0 Å². The zero-order valence-electron chi connectivity index (χ0n) is 15.6. The molecule has 0 fully saturated rings. The molecule has 2 aromatic carbocycles. The van der Waals surface area contributed by atoms with Gasteiger partial charge in [0.15, 0.2) is 11.5 Å². The smallest absolute Gasteiger partial charge is 0.314 e. The summed E-state index contributed by atoms with van der Waals surface area (Å²) in [6.07, 6.45) is 0. The lowest BCUT2D eigenvalue weighted by molar-refractivity contribution is -0.133. The Labute approximate surface area is 157 Å². The quantitative estimate of drug-likeness (QED) is 0.724. The second-order valence-corrected chi connectivity index (χ2v) is 5.28. The molecule has 2 aromatic rings. The van der Waals surface area contributed by atoms with E-state index in [1.54, 1.807) is 24.3 Å². The van der Waals surface area contributed by atoms with Gasteiger partial charge in [-0.15, -0.1) is 0 Å². The highest BCUT2D eigenvalue weighted by molar-refractivity contribution is 6.43. The standard InChI is InChI=1S/C19H22N2O6/c1-5-27-14-8-6-12(7-9-14)20-18(22)19(23)21-13-10-15(24-2)17(26-4)16(11-13)25-3/h6-11H,5H2,1-4H3,(H,20,22)(H,21,23). The minimum Gasteiger partial charge on any atom is -0.494 e. The maximum atomic E-state index is 12.2. The number of amides is 2. The molecule has 144 valence electrons. The minimum atomic E-state index is -0.835. The number of rotatable bonds is 7. The molecule has 0 aliphatic heterocycles. The second kappa shape index (κ2) is 9.33. The summed E-state index contributed by atoms with van der Waals surface area (Å²) in [6.45, 7) is 2.42. The van der Waals surface area contributed by atoms with Gasteiger partial charge >= 0.3 is 11.8 Å². The SMILES string of the molecule is CCOc1ccc(NC(=O)C(=O)Nc2cc(OC)c(OC)c(OC)c2)cc1. The average Bonchev–Trinajstić information content (AvgIpc) is 2.68. The molecule has 2 N–H and O–H groups in total. The van der Waals surface area contributed by atoms with Gasteiger partial charge in [-0.05, 0) is 31.2 Å². The monoisotopic (exact) mass is 374 g/mol. The van der Waals surface area contributed by atoms with E-state index in [1.165, 1.54) is 33.5 Å². The summed E-state index contributed by atoms with van der Waals surface area (Å²) in [7, 11) is 4.39. The Morgan fingerprint density at radius 3 is 1.78 bits per heavy atom. The van der Waals surface area contributed by atoms with E-state index in [-0.39, 0.29) is 0 Å². The van der Waals surface area contributed by atoms with E-state index >= 15 is 0 Å². The largest absolute Gasteiger partial charge is 0.494 e. The summed E-state index contributed by atoms with van der Waals surface area (Å²) in [6, 6.07) is 9.77. The molecule has 27 heavy (non-hydrogen) atoms. The molecule has 0 atom stereocenters. The lowest BCUT2D eigenvalue weighted by Crippen LogP contribution is -2.29. The Balaban J connectivity index is 2.08. The third-order valence-corrected chi connectivity index (χ3v) is 3.55. The van der Waals surface area contributed by atoms with Gasteiger partial charge in [0.05, 0.1) is 27.9 Å². The Hall–Kier alpha value is -3.42. The van der Waals surface area contributed by atoms with Gasteiger partial charge in [0.25, 0.3) is 0 Å². The first-order valence-electron chi connectivity index (χ1n) is 8.17. The highest BCUT2D eigenvalue weighted by atomic mass is 16.5. The van der Waals surface area contributed by atoms with Crippen molar-refractivity contribution in [1.29, 1.82) is 0 Å². The molecule has 0 aromatic heterocycles. The first kappa shape index (κ1) is 19.9. The molecular weight excluding hydrogens is 352 g/mol. The zero-order valence-corrected chi connectivity index (χ0v) is 15.6. The van der Waals surface area contributed by atoms with Gasteiger partial charge in [-0.2, -0.15) is 0 Å². The van der Waals surface area contributed by atoms with Crippen LogP contribution in [0.15, 0.2) is 36.4 Å². The molecule has 0 heterocycles. The van der Waals surface area contributed by atoms with Crippen molar-refractivity contribution in [2.45, 2.75) is 6.92 Å². The molecule has 0 radical (unpaired) electrons. The van der Waals surface area contributed by atoms with E-state index in [0.29, 0.717) is 41.0 Å². The Kier molecular flexibility index (Phi) is 6.87. The van der Waals surface area contributed by atoms with Gasteiger partial charge in [0.1, 0.15) is 5.75 Å². The molecular formula is C19H22N2O6. The van der Waals surface area contributed by atoms with Crippen molar-refractivity contribution in [3.63, 3.8) is 0 Å². The van der Waals surface area contributed by atoms with E-state index in [2.05, 4.69) is 10.6 Å². The Morgan fingerprint density at radius 1 is 0.815 bits per heavy atom. The van der Waals surface area contributed by atoms with Gasteiger partial charge in [0, 0.05) is 23.5 Å². The maximum absolute atomic E-state index is 12.2. The number of ether oxygens (including phenoxy) is 4. The molecule has 0 saturated heterocycles. The second-order valence-electron chi connectivity index (χ2n) is 5.28. The van der Waals surface area contributed by atoms with E-state index < -0.39 is 11.8 Å². The van der Waals surface area contributed by atoms with Crippen molar-refractivity contribution in [3.05, 3.63) is 36.4 Å². The summed E-state index contributed by atoms with van der Waals surface area (Å²) in [5.41, 5.74) is 0.805. The number of hydrogen-bond acceptors (Lipinski definition) is 6. The Morgan fingerprint density at radius 2 is 1.33 bits per heavy atom. The molecule has 8 heteroatoms. The van der Waals surface area contributed by atoms with E-state index in [1.807, 2.05) is 6.92 Å². The van der Waals surface area contributed by atoms with Crippen LogP contribution in [0, 0.1) is 0 Å². The first-order chi connectivity index (χ1) is 13.0. The predicted octanol–water partition coefficient (Wildman–Crippen LogP) is 2.69. The van der Waals surface area contributed by atoms with Crippen LogP contribution < -0.4 is 29.6 Å². The predicted molar refractivity (Wildman–Crippen MR) is 101 cm³/mol. The summed E-state index contributed by atoms with van der Waals surface area (Å²) < 4.78 is 21.0. The van der Waals surface area contributed by atoms with Gasteiger partial charge in [-0.25, -0.2) is 0 Å². The summed E-state index contributed by atoms with van der Waals surface area (Å²) in [4.78, 5) is 24.3. The van der Waals surface area contributed by atoms with Crippen molar-refractivity contribution in [2.24, 2.45) is 0 Å². The van der Waals surface area contributed by atoms with Crippen LogP contribution in [0.4, 0.5) is 11.4 Å². The molecule has 2 rings (SSSR count). The fourth-order valence-corrected chi connectivity index (χ4v) is 2.33. The average molecular weight is 374 g/mol. The molecule has 0 bridgehead atoms. The lowest BCUT2D eigenvalue weighted by atomic mass is 10.2. The van der Waals surface area contributed by atoms with E-state index in [4.69, 9.17) is 18.9 Å². The van der Waals surface area contributed by atoms with Gasteiger partial charge in [-0.3, -0.25) is 9.59 Å². The number of carbonyl (C=O) groups excluding carboxylic acids is 2. The van der Waals surface area contributed by atoms with E-state index in [0.717, 1.165) is 0 Å². The van der Waals surface area contributed by atoms with Crippen molar-refractivity contribution in [3.8, 4) is 23.0 Å².